The second-order valence-corrected chi connectivity index (χ2v) is 11.8. The monoisotopic (exact) mass is 406 g/mol. The summed E-state index contributed by atoms with van der Waals surface area (Å²) in [5.74, 6) is 0.0161. The molecule has 1 aliphatic heterocycles. The summed E-state index contributed by atoms with van der Waals surface area (Å²) in [6.07, 6.45) is 3.87. The average Bonchev–Trinajstić information content (AvgIpc) is 2.74. The third-order valence-corrected chi connectivity index (χ3v) is 10.0. The van der Waals surface area contributed by atoms with Gasteiger partial charge in [0.25, 0.3) is 0 Å². The zero-order valence-corrected chi connectivity index (χ0v) is 18.2. The Morgan fingerprint density at radius 2 is 1.59 bits per heavy atom. The molecule has 0 bridgehead atoms. The van der Waals surface area contributed by atoms with E-state index in [9.17, 15) is 8.78 Å². The van der Waals surface area contributed by atoms with Gasteiger partial charge in [-0.3, -0.25) is 0 Å². The van der Waals surface area contributed by atoms with Crippen molar-refractivity contribution in [3.63, 3.8) is 0 Å². The summed E-state index contributed by atoms with van der Waals surface area (Å²) >= 11 is 0. The number of benzene rings is 3. The van der Waals surface area contributed by atoms with Gasteiger partial charge in [-0.15, -0.1) is 0 Å². The van der Waals surface area contributed by atoms with Crippen LogP contribution < -0.4 is 0 Å². The van der Waals surface area contributed by atoms with Crippen LogP contribution in [0.4, 0.5) is 8.78 Å². The molecule has 0 spiro atoms. The molecule has 3 aromatic carbocycles. The second kappa shape index (κ2) is 9.04. The van der Waals surface area contributed by atoms with Gasteiger partial charge in [-0.1, -0.05) is 80.0 Å². The molecule has 1 heterocycles. The van der Waals surface area contributed by atoms with E-state index >= 15 is 0 Å². The SMILES string of the molecule is CCC[Si@H]1CC[C@H](c2cccc(-c3c(F)cccc3-c3cccc(F)c3)c2)CC1. The molecule has 0 saturated carbocycles. The van der Waals surface area contributed by atoms with Crippen LogP contribution in [-0.4, -0.2) is 8.80 Å². The fourth-order valence-electron chi connectivity index (χ4n) is 4.85. The van der Waals surface area contributed by atoms with E-state index in [1.54, 1.807) is 12.1 Å². The summed E-state index contributed by atoms with van der Waals surface area (Å²) in [7, 11) is -0.518. The van der Waals surface area contributed by atoms with Crippen LogP contribution in [0.5, 0.6) is 0 Å². The molecule has 150 valence electrons. The Kier molecular flexibility index (Phi) is 6.24. The van der Waals surface area contributed by atoms with Gasteiger partial charge in [-0.25, -0.2) is 8.78 Å². The molecule has 4 rings (SSSR count). The molecule has 29 heavy (non-hydrogen) atoms. The highest BCUT2D eigenvalue weighted by Crippen LogP contribution is 2.39. The predicted molar refractivity (Wildman–Crippen MR) is 121 cm³/mol. The normalized spacial score (nSPS) is 19.3. The summed E-state index contributed by atoms with van der Waals surface area (Å²) in [6.45, 7) is 2.30. The Morgan fingerprint density at radius 3 is 2.34 bits per heavy atom. The molecule has 0 aliphatic carbocycles. The molecule has 0 aromatic heterocycles. The molecule has 0 amide bonds. The van der Waals surface area contributed by atoms with Gasteiger partial charge >= 0.3 is 0 Å². The van der Waals surface area contributed by atoms with Crippen molar-refractivity contribution in [2.45, 2.75) is 50.2 Å². The number of halogens is 2. The van der Waals surface area contributed by atoms with E-state index in [1.807, 2.05) is 24.3 Å². The van der Waals surface area contributed by atoms with Crippen molar-refractivity contribution < 1.29 is 8.78 Å². The van der Waals surface area contributed by atoms with Crippen LogP contribution in [0, 0.1) is 11.6 Å². The van der Waals surface area contributed by atoms with E-state index in [1.165, 1.54) is 61.2 Å². The second-order valence-electron chi connectivity index (χ2n) is 8.30. The van der Waals surface area contributed by atoms with Gasteiger partial charge in [0.05, 0.1) is 0 Å². The van der Waals surface area contributed by atoms with Crippen LogP contribution in [0.25, 0.3) is 22.3 Å². The zero-order chi connectivity index (χ0) is 20.2. The van der Waals surface area contributed by atoms with Crippen LogP contribution in [0.2, 0.25) is 18.1 Å². The third kappa shape index (κ3) is 4.50. The Balaban J connectivity index is 1.67. The molecule has 0 unspecified atom stereocenters. The Labute approximate surface area is 174 Å². The smallest absolute Gasteiger partial charge is 0.131 e. The lowest BCUT2D eigenvalue weighted by Crippen LogP contribution is -2.20. The van der Waals surface area contributed by atoms with E-state index in [0.29, 0.717) is 17.0 Å². The molecule has 1 aliphatic rings. The maximum absolute atomic E-state index is 14.9. The van der Waals surface area contributed by atoms with Crippen molar-refractivity contribution >= 4 is 8.80 Å². The molecule has 0 radical (unpaired) electrons. The van der Waals surface area contributed by atoms with Crippen molar-refractivity contribution in [3.8, 4) is 22.3 Å². The minimum absolute atomic E-state index is 0.261. The molecule has 3 heteroatoms. The third-order valence-electron chi connectivity index (χ3n) is 6.34. The van der Waals surface area contributed by atoms with Crippen molar-refractivity contribution in [1.82, 2.24) is 0 Å². The standard InChI is InChI=1S/C26H28F2Si/c1-2-14-29-15-12-19(13-16-29)20-6-3-8-22(17-20)26-24(10-5-11-25(26)28)21-7-4-9-23(27)18-21/h3-11,17-19,29H,2,12-16H2,1H3/t19-,29-. The first-order chi connectivity index (χ1) is 14.2. The summed E-state index contributed by atoms with van der Waals surface area (Å²) in [6, 6.07) is 24.2. The van der Waals surface area contributed by atoms with Gasteiger partial charge in [0.15, 0.2) is 0 Å². The molecule has 0 atom stereocenters. The summed E-state index contributed by atoms with van der Waals surface area (Å²) in [4.78, 5) is 0. The minimum Gasteiger partial charge on any atom is -0.207 e. The van der Waals surface area contributed by atoms with Crippen molar-refractivity contribution in [1.29, 1.82) is 0 Å². The molecule has 3 aromatic rings. The molecule has 0 N–H and O–H groups in total. The van der Waals surface area contributed by atoms with E-state index in [-0.39, 0.29) is 11.6 Å². The molecular formula is C26H28F2Si. The lowest BCUT2D eigenvalue weighted by molar-refractivity contribution is 0.605. The summed E-state index contributed by atoms with van der Waals surface area (Å²) in [5, 5.41) is 0. The first-order valence-corrected chi connectivity index (χ1v) is 13.3. The maximum atomic E-state index is 14.9. The lowest BCUT2D eigenvalue weighted by Gasteiger charge is -2.28. The van der Waals surface area contributed by atoms with Gasteiger partial charge in [0.2, 0.25) is 0 Å². The van der Waals surface area contributed by atoms with E-state index in [0.717, 1.165) is 11.1 Å². The van der Waals surface area contributed by atoms with Crippen molar-refractivity contribution in [2.24, 2.45) is 0 Å². The minimum atomic E-state index is -0.518. The van der Waals surface area contributed by atoms with Gasteiger partial charge in [0.1, 0.15) is 11.6 Å². The van der Waals surface area contributed by atoms with Crippen molar-refractivity contribution in [3.05, 3.63) is 83.9 Å². The Morgan fingerprint density at radius 1 is 0.862 bits per heavy atom. The fourth-order valence-corrected chi connectivity index (χ4v) is 8.28. The number of rotatable bonds is 5. The van der Waals surface area contributed by atoms with Crippen LogP contribution in [0.3, 0.4) is 0 Å². The van der Waals surface area contributed by atoms with Gasteiger partial charge < -0.3 is 0 Å². The highest BCUT2D eigenvalue weighted by molar-refractivity contribution is 6.59. The number of hydrogen-bond donors (Lipinski definition) is 0. The number of hydrogen-bond acceptors (Lipinski definition) is 0. The molecular weight excluding hydrogens is 378 g/mol. The van der Waals surface area contributed by atoms with Crippen LogP contribution >= 0.6 is 0 Å². The van der Waals surface area contributed by atoms with E-state index in [2.05, 4.69) is 19.1 Å². The van der Waals surface area contributed by atoms with Gasteiger partial charge in [-0.05, 0) is 59.2 Å². The highest BCUT2D eigenvalue weighted by Gasteiger charge is 2.23. The summed E-state index contributed by atoms with van der Waals surface area (Å²) < 4.78 is 28.7. The van der Waals surface area contributed by atoms with Gasteiger partial charge in [-0.2, -0.15) is 0 Å². The average molecular weight is 407 g/mol. The highest BCUT2D eigenvalue weighted by atomic mass is 28.3. The molecule has 1 saturated heterocycles. The van der Waals surface area contributed by atoms with Gasteiger partial charge in [0, 0.05) is 14.4 Å². The summed E-state index contributed by atoms with van der Waals surface area (Å²) in [5.41, 5.74) is 4.21. The molecule has 1 fully saturated rings. The maximum Gasteiger partial charge on any atom is 0.131 e. The Bertz CT molecular complexity index is 974. The van der Waals surface area contributed by atoms with Crippen LogP contribution in [0.15, 0.2) is 66.7 Å². The van der Waals surface area contributed by atoms with Crippen molar-refractivity contribution in [2.75, 3.05) is 0 Å². The lowest BCUT2D eigenvalue weighted by atomic mass is 9.88. The fraction of sp³-hybridized carbons (Fsp3) is 0.308. The first-order valence-electron chi connectivity index (χ1n) is 10.8. The van der Waals surface area contributed by atoms with E-state index in [4.69, 9.17) is 0 Å². The van der Waals surface area contributed by atoms with Crippen LogP contribution in [-0.2, 0) is 0 Å². The first kappa shape index (κ1) is 20.0. The largest absolute Gasteiger partial charge is 0.207 e. The quantitative estimate of drug-likeness (QED) is 0.379. The van der Waals surface area contributed by atoms with E-state index < -0.39 is 8.80 Å². The predicted octanol–water partition coefficient (Wildman–Crippen LogP) is 7.81. The topological polar surface area (TPSA) is 0 Å². The molecule has 0 nitrogen and oxygen atoms in total. The zero-order valence-electron chi connectivity index (χ0n) is 17.0. The van der Waals surface area contributed by atoms with Crippen LogP contribution in [0.1, 0.15) is 37.7 Å². The Hall–Kier alpha value is -2.26.